The van der Waals surface area contributed by atoms with Crippen LogP contribution in [0.3, 0.4) is 0 Å². The lowest BCUT2D eigenvalue weighted by Crippen LogP contribution is -2.61. The second kappa shape index (κ2) is 5.24. The Kier molecular flexibility index (Phi) is 4.23. The Bertz CT molecular complexity index is 281. The Morgan fingerprint density at radius 3 is 2.33 bits per heavy atom. The summed E-state index contributed by atoms with van der Waals surface area (Å²) in [5.41, 5.74) is -0.895. The van der Waals surface area contributed by atoms with Crippen molar-refractivity contribution in [3.8, 4) is 0 Å². The van der Waals surface area contributed by atoms with E-state index in [-0.39, 0.29) is 13.2 Å². The molecule has 7 heteroatoms. The molecule has 2 heterocycles. The van der Waals surface area contributed by atoms with Gasteiger partial charge in [0.2, 0.25) is 0 Å². The molecular formula is C11H20O6S. The van der Waals surface area contributed by atoms with Crippen molar-refractivity contribution in [3.63, 3.8) is 0 Å². The van der Waals surface area contributed by atoms with Crippen molar-refractivity contribution in [1.82, 2.24) is 0 Å². The molecule has 2 unspecified atom stereocenters. The Morgan fingerprint density at radius 2 is 1.83 bits per heavy atom. The Balaban J connectivity index is 1.97. The van der Waals surface area contributed by atoms with Crippen LogP contribution in [0, 0.1) is 0 Å². The smallest absolute Gasteiger partial charge is 0.144 e. The fourth-order valence-electron chi connectivity index (χ4n) is 2.43. The zero-order valence-corrected chi connectivity index (χ0v) is 11.0. The number of hydrogen-bond donors (Lipinski definition) is 4. The number of aliphatic hydroxyl groups is 4. The van der Waals surface area contributed by atoms with Crippen molar-refractivity contribution < 1.29 is 29.7 Å². The zero-order valence-electron chi connectivity index (χ0n) is 10.2. The normalized spacial score (nSPS) is 47.7. The van der Waals surface area contributed by atoms with Crippen LogP contribution in [-0.2, 0) is 15.9 Å². The molecular weight excluding hydrogens is 260 g/mol. The quantitative estimate of drug-likeness (QED) is 0.451. The van der Waals surface area contributed by atoms with Gasteiger partial charge in [0.15, 0.2) is 0 Å². The number of rotatable bonds is 3. The number of aliphatic hydroxyl groups excluding tert-OH is 3. The third-order valence-corrected chi connectivity index (χ3v) is 5.99. The van der Waals surface area contributed by atoms with E-state index in [9.17, 15) is 25.0 Å². The molecule has 0 aromatic rings. The van der Waals surface area contributed by atoms with Crippen LogP contribution < -0.4 is 0 Å². The van der Waals surface area contributed by atoms with Gasteiger partial charge in [-0.15, -0.1) is 0 Å². The van der Waals surface area contributed by atoms with E-state index in [1.54, 1.807) is 6.92 Å². The molecule has 0 aromatic heterocycles. The van der Waals surface area contributed by atoms with Crippen LogP contribution in [-0.4, -0.2) is 72.6 Å². The molecule has 0 aromatic carbocycles. The molecule has 6 nitrogen and oxygen atoms in total. The Labute approximate surface area is 109 Å². The highest BCUT2D eigenvalue weighted by Gasteiger charge is 2.51. The van der Waals surface area contributed by atoms with E-state index in [4.69, 9.17) is 4.74 Å². The highest BCUT2D eigenvalue weighted by Crippen LogP contribution is 2.32. The molecule has 0 bridgehead atoms. The fourth-order valence-corrected chi connectivity index (χ4v) is 4.20. The van der Waals surface area contributed by atoms with E-state index in [1.807, 2.05) is 0 Å². The van der Waals surface area contributed by atoms with Crippen LogP contribution in [0.4, 0.5) is 0 Å². The van der Waals surface area contributed by atoms with Crippen LogP contribution in [0.15, 0.2) is 0 Å². The highest BCUT2D eigenvalue weighted by atomic mass is 32.2. The average molecular weight is 280 g/mol. The lowest BCUT2D eigenvalue weighted by atomic mass is 9.91. The SMILES string of the molecule is CC1[C@@H](O)[C@@H](O)[C@H](O)[C@@H](CCC2(O)COC2)[S+]1[O-]. The molecule has 106 valence electrons. The molecule has 2 aliphatic rings. The van der Waals surface area contributed by atoms with Gasteiger partial charge in [-0.05, 0) is 24.5 Å². The van der Waals surface area contributed by atoms with Crippen molar-refractivity contribution >= 4 is 11.2 Å². The van der Waals surface area contributed by atoms with Crippen molar-refractivity contribution in [2.45, 2.75) is 54.2 Å². The molecule has 0 radical (unpaired) electrons. The molecule has 6 atom stereocenters. The predicted octanol–water partition coefficient (Wildman–Crippen LogP) is -1.87. The van der Waals surface area contributed by atoms with Crippen molar-refractivity contribution in [1.29, 1.82) is 0 Å². The lowest BCUT2D eigenvalue weighted by molar-refractivity contribution is -0.182. The van der Waals surface area contributed by atoms with Gasteiger partial charge < -0.3 is 29.7 Å². The van der Waals surface area contributed by atoms with E-state index >= 15 is 0 Å². The average Bonchev–Trinajstić information content (AvgIpc) is 2.31. The summed E-state index contributed by atoms with van der Waals surface area (Å²) in [6.07, 6.45) is -2.97. The standard InChI is InChI=1S/C11H20O6S/c1-6-8(12)10(14)9(13)7(18(6)16)2-3-11(15)4-17-5-11/h6-10,12-15H,2-5H2,1H3/t6?,7-,8-,9-,10-,18?/m1/s1. The lowest BCUT2D eigenvalue weighted by Gasteiger charge is -2.42. The van der Waals surface area contributed by atoms with Crippen molar-refractivity contribution in [2.75, 3.05) is 13.2 Å². The van der Waals surface area contributed by atoms with E-state index in [1.165, 1.54) is 0 Å². The van der Waals surface area contributed by atoms with Gasteiger partial charge in [-0.2, -0.15) is 0 Å². The maximum Gasteiger partial charge on any atom is 0.144 e. The summed E-state index contributed by atoms with van der Waals surface area (Å²) in [6.45, 7) is 2.09. The van der Waals surface area contributed by atoms with Crippen LogP contribution in [0.5, 0.6) is 0 Å². The second-order valence-electron chi connectivity index (χ2n) is 5.30. The highest BCUT2D eigenvalue weighted by molar-refractivity contribution is 7.92. The first-order chi connectivity index (χ1) is 8.36. The maximum absolute atomic E-state index is 12.1. The molecule has 2 rings (SSSR count). The van der Waals surface area contributed by atoms with Gasteiger partial charge in [0.05, 0.1) is 13.2 Å². The number of ether oxygens (including phenoxy) is 1. The summed E-state index contributed by atoms with van der Waals surface area (Å²) in [5, 5.41) is 37.8. The van der Waals surface area contributed by atoms with Gasteiger partial charge in [0.25, 0.3) is 0 Å². The monoisotopic (exact) mass is 280 g/mol. The van der Waals surface area contributed by atoms with Crippen molar-refractivity contribution in [3.05, 3.63) is 0 Å². The van der Waals surface area contributed by atoms with Gasteiger partial charge in [0.1, 0.15) is 34.4 Å². The minimum atomic E-state index is -1.43. The van der Waals surface area contributed by atoms with Crippen LogP contribution in [0.1, 0.15) is 19.8 Å². The summed E-state index contributed by atoms with van der Waals surface area (Å²) in [6, 6.07) is 0. The molecule has 18 heavy (non-hydrogen) atoms. The van der Waals surface area contributed by atoms with Crippen molar-refractivity contribution in [2.24, 2.45) is 0 Å². The third kappa shape index (κ3) is 2.53. The van der Waals surface area contributed by atoms with Crippen LogP contribution >= 0.6 is 0 Å². The summed E-state index contributed by atoms with van der Waals surface area (Å²) >= 11 is -1.43. The molecule has 0 amide bonds. The van der Waals surface area contributed by atoms with Gasteiger partial charge in [0, 0.05) is 6.42 Å². The zero-order chi connectivity index (χ0) is 13.5. The van der Waals surface area contributed by atoms with E-state index in [2.05, 4.69) is 0 Å². The molecule has 2 fully saturated rings. The van der Waals surface area contributed by atoms with E-state index < -0.39 is 45.6 Å². The van der Waals surface area contributed by atoms with Gasteiger partial charge >= 0.3 is 0 Å². The topological polar surface area (TPSA) is 113 Å². The molecule has 2 aliphatic heterocycles. The van der Waals surface area contributed by atoms with Crippen LogP contribution in [0.25, 0.3) is 0 Å². The van der Waals surface area contributed by atoms with Gasteiger partial charge in [-0.25, -0.2) is 0 Å². The number of hydrogen-bond acceptors (Lipinski definition) is 6. The first-order valence-electron chi connectivity index (χ1n) is 6.09. The van der Waals surface area contributed by atoms with Gasteiger partial charge in [-0.1, -0.05) is 0 Å². The molecule has 0 spiro atoms. The second-order valence-corrected chi connectivity index (χ2v) is 7.31. The summed E-state index contributed by atoms with van der Waals surface area (Å²) < 4.78 is 17.0. The summed E-state index contributed by atoms with van der Waals surface area (Å²) in [4.78, 5) is 0. The maximum atomic E-state index is 12.1. The summed E-state index contributed by atoms with van der Waals surface area (Å²) in [7, 11) is 0. The minimum absolute atomic E-state index is 0.253. The molecule has 2 saturated heterocycles. The molecule has 0 aliphatic carbocycles. The van der Waals surface area contributed by atoms with E-state index in [0.717, 1.165) is 0 Å². The molecule has 4 N–H and O–H groups in total. The van der Waals surface area contributed by atoms with Gasteiger partial charge in [-0.3, -0.25) is 0 Å². The predicted molar refractivity (Wildman–Crippen MR) is 64.4 cm³/mol. The third-order valence-electron chi connectivity index (χ3n) is 3.86. The first kappa shape index (κ1) is 14.5. The van der Waals surface area contributed by atoms with E-state index in [0.29, 0.717) is 12.8 Å². The Hall–Kier alpha value is 0.110. The Morgan fingerprint density at radius 1 is 1.22 bits per heavy atom. The van der Waals surface area contributed by atoms with Crippen LogP contribution in [0.2, 0.25) is 0 Å². The first-order valence-corrected chi connectivity index (χ1v) is 7.37. The fraction of sp³-hybridized carbons (Fsp3) is 1.00. The largest absolute Gasteiger partial charge is 0.616 e. The summed E-state index contributed by atoms with van der Waals surface area (Å²) in [5.74, 6) is 0. The minimum Gasteiger partial charge on any atom is -0.616 e. The molecule has 0 saturated carbocycles.